The molecule has 2 rings (SSSR count). The van der Waals surface area contributed by atoms with Gasteiger partial charge in [0.05, 0.1) is 11.6 Å². The monoisotopic (exact) mass is 250 g/mol. The van der Waals surface area contributed by atoms with Crippen molar-refractivity contribution >= 4 is 5.69 Å². The molecule has 0 spiro atoms. The summed E-state index contributed by atoms with van der Waals surface area (Å²) in [5.41, 5.74) is 0.0279. The third-order valence-corrected chi connectivity index (χ3v) is 3.57. The van der Waals surface area contributed by atoms with Crippen molar-refractivity contribution in [2.24, 2.45) is 5.92 Å². The van der Waals surface area contributed by atoms with Crippen LogP contribution in [0.15, 0.2) is 12.1 Å². The maximum atomic E-state index is 13.9. The maximum absolute atomic E-state index is 13.9. The van der Waals surface area contributed by atoms with Gasteiger partial charge in [0.25, 0.3) is 0 Å². The zero-order valence-electron chi connectivity index (χ0n) is 10.6. The number of nitriles is 1. The molecule has 0 aromatic heterocycles. The lowest BCUT2D eigenvalue weighted by molar-refractivity contribution is 0.371. The molecule has 1 saturated heterocycles. The smallest absolute Gasteiger partial charge is 0.150 e. The molecule has 2 nitrogen and oxygen atoms in total. The predicted octanol–water partition coefficient (Wildman–Crippen LogP) is 3.46. The van der Waals surface area contributed by atoms with Gasteiger partial charge < -0.3 is 4.90 Å². The third kappa shape index (κ3) is 2.31. The van der Waals surface area contributed by atoms with Gasteiger partial charge in [-0.05, 0) is 37.8 Å². The Labute approximate surface area is 106 Å². The molecule has 1 fully saturated rings. The van der Waals surface area contributed by atoms with E-state index in [1.165, 1.54) is 0 Å². The molecule has 18 heavy (non-hydrogen) atoms. The van der Waals surface area contributed by atoms with Gasteiger partial charge >= 0.3 is 0 Å². The van der Waals surface area contributed by atoms with Gasteiger partial charge in [-0.25, -0.2) is 8.78 Å². The number of halogens is 2. The summed E-state index contributed by atoms with van der Waals surface area (Å²) in [6.07, 6.45) is 1.86. The predicted molar refractivity (Wildman–Crippen MR) is 66.3 cm³/mol. The molecule has 96 valence electrons. The second-order valence-corrected chi connectivity index (χ2v) is 5.07. The lowest BCUT2D eigenvalue weighted by Gasteiger charge is -2.38. The van der Waals surface area contributed by atoms with Crippen molar-refractivity contribution in [3.8, 4) is 6.07 Å². The van der Waals surface area contributed by atoms with Crippen molar-refractivity contribution in [2.75, 3.05) is 11.4 Å². The van der Waals surface area contributed by atoms with Crippen LogP contribution in [0.25, 0.3) is 0 Å². The van der Waals surface area contributed by atoms with Crippen molar-refractivity contribution < 1.29 is 8.78 Å². The summed E-state index contributed by atoms with van der Waals surface area (Å²) in [6.45, 7) is 4.79. The molecule has 0 bridgehead atoms. The van der Waals surface area contributed by atoms with E-state index >= 15 is 0 Å². The van der Waals surface area contributed by atoms with Crippen molar-refractivity contribution in [2.45, 2.75) is 32.7 Å². The number of benzene rings is 1. The highest BCUT2D eigenvalue weighted by Gasteiger charge is 2.27. The molecule has 1 aromatic carbocycles. The van der Waals surface area contributed by atoms with Gasteiger partial charge in [0, 0.05) is 12.6 Å². The minimum atomic E-state index is -0.645. The molecule has 4 heteroatoms. The molecular weight excluding hydrogens is 234 g/mol. The van der Waals surface area contributed by atoms with E-state index < -0.39 is 11.6 Å². The first-order valence-electron chi connectivity index (χ1n) is 6.18. The van der Waals surface area contributed by atoms with Crippen LogP contribution < -0.4 is 4.90 Å². The highest BCUT2D eigenvalue weighted by Crippen LogP contribution is 2.32. The van der Waals surface area contributed by atoms with Crippen LogP contribution >= 0.6 is 0 Å². The van der Waals surface area contributed by atoms with Gasteiger partial charge in [0.2, 0.25) is 0 Å². The van der Waals surface area contributed by atoms with E-state index in [-0.39, 0.29) is 17.3 Å². The number of nitrogens with zero attached hydrogens (tertiary/aromatic N) is 2. The second-order valence-electron chi connectivity index (χ2n) is 5.07. The Kier molecular flexibility index (Phi) is 3.51. The third-order valence-electron chi connectivity index (χ3n) is 3.57. The zero-order valence-corrected chi connectivity index (χ0v) is 10.6. The van der Waals surface area contributed by atoms with E-state index in [9.17, 15) is 8.78 Å². The summed E-state index contributed by atoms with van der Waals surface area (Å²) in [4.78, 5) is 1.77. The van der Waals surface area contributed by atoms with Crippen LogP contribution in [-0.4, -0.2) is 12.6 Å². The Morgan fingerprint density at radius 2 is 1.89 bits per heavy atom. The first-order valence-corrected chi connectivity index (χ1v) is 6.18. The molecule has 0 aliphatic carbocycles. The van der Waals surface area contributed by atoms with Crippen LogP contribution in [0.5, 0.6) is 0 Å². The zero-order chi connectivity index (χ0) is 13.3. The molecule has 0 amide bonds. The molecule has 0 radical (unpaired) electrons. The SMILES string of the molecule is CC1CCN(c2c(F)cc(C#N)cc2F)C(C)C1. The minimum absolute atomic E-state index is 0.00778. The van der Waals surface area contributed by atoms with E-state index in [0.717, 1.165) is 25.0 Å². The lowest BCUT2D eigenvalue weighted by Crippen LogP contribution is -2.41. The first kappa shape index (κ1) is 12.8. The van der Waals surface area contributed by atoms with Crippen molar-refractivity contribution in [1.29, 1.82) is 5.26 Å². The molecule has 1 aliphatic heterocycles. The van der Waals surface area contributed by atoms with E-state index in [1.807, 2.05) is 6.92 Å². The average molecular weight is 250 g/mol. The summed E-state index contributed by atoms with van der Waals surface area (Å²) in [6, 6.07) is 4.08. The molecule has 1 heterocycles. The van der Waals surface area contributed by atoms with E-state index in [1.54, 1.807) is 11.0 Å². The van der Waals surface area contributed by atoms with Crippen molar-refractivity contribution in [1.82, 2.24) is 0 Å². The van der Waals surface area contributed by atoms with E-state index in [4.69, 9.17) is 5.26 Å². The standard InChI is InChI=1S/C14H16F2N2/c1-9-3-4-18(10(2)5-9)14-12(15)6-11(8-17)7-13(14)16/h6-7,9-10H,3-5H2,1-2H3. The second kappa shape index (κ2) is 4.93. The van der Waals surface area contributed by atoms with Gasteiger partial charge in [-0.3, -0.25) is 0 Å². The molecule has 1 aliphatic rings. The van der Waals surface area contributed by atoms with Crippen LogP contribution in [0.3, 0.4) is 0 Å². The summed E-state index contributed by atoms with van der Waals surface area (Å²) in [5, 5.41) is 8.68. The number of hydrogen-bond donors (Lipinski definition) is 0. The Hall–Kier alpha value is -1.63. The highest BCUT2D eigenvalue weighted by molar-refractivity contribution is 5.53. The minimum Gasteiger partial charge on any atom is -0.364 e. The summed E-state index contributed by atoms with van der Waals surface area (Å²) >= 11 is 0. The van der Waals surface area contributed by atoms with Crippen LogP contribution in [0.2, 0.25) is 0 Å². The van der Waals surface area contributed by atoms with Crippen LogP contribution in [0, 0.1) is 28.9 Å². The van der Waals surface area contributed by atoms with Gasteiger partial charge in [-0.2, -0.15) is 5.26 Å². The van der Waals surface area contributed by atoms with Gasteiger partial charge in [0.1, 0.15) is 5.69 Å². The van der Waals surface area contributed by atoms with Gasteiger partial charge in [-0.1, -0.05) is 6.92 Å². The maximum Gasteiger partial charge on any atom is 0.150 e. The number of rotatable bonds is 1. The quantitative estimate of drug-likeness (QED) is 0.763. The van der Waals surface area contributed by atoms with Crippen LogP contribution in [0.1, 0.15) is 32.3 Å². The molecule has 0 N–H and O–H groups in total. The fourth-order valence-electron chi connectivity index (χ4n) is 2.64. The first-order chi connectivity index (χ1) is 8.52. The van der Waals surface area contributed by atoms with Crippen molar-refractivity contribution in [3.63, 3.8) is 0 Å². The fourth-order valence-corrected chi connectivity index (χ4v) is 2.64. The fraction of sp³-hybridized carbons (Fsp3) is 0.500. The number of hydrogen-bond acceptors (Lipinski definition) is 2. The summed E-state index contributed by atoms with van der Waals surface area (Å²) in [7, 11) is 0. The van der Waals surface area contributed by atoms with Gasteiger partial charge in [-0.15, -0.1) is 0 Å². The van der Waals surface area contributed by atoms with E-state index in [0.29, 0.717) is 12.5 Å². The topological polar surface area (TPSA) is 27.0 Å². The van der Waals surface area contributed by atoms with E-state index in [2.05, 4.69) is 6.92 Å². The Bertz CT molecular complexity index is 470. The molecule has 0 saturated carbocycles. The molecular formula is C14H16F2N2. The van der Waals surface area contributed by atoms with Crippen LogP contribution in [-0.2, 0) is 0 Å². The Morgan fingerprint density at radius 1 is 1.28 bits per heavy atom. The lowest BCUT2D eigenvalue weighted by atomic mass is 9.92. The highest BCUT2D eigenvalue weighted by atomic mass is 19.1. The van der Waals surface area contributed by atoms with Gasteiger partial charge in [0.15, 0.2) is 11.6 Å². The molecule has 1 aromatic rings. The number of piperidine rings is 1. The van der Waals surface area contributed by atoms with Crippen molar-refractivity contribution in [3.05, 3.63) is 29.3 Å². The average Bonchev–Trinajstić information content (AvgIpc) is 2.30. The Balaban J connectivity index is 2.37. The number of anilines is 1. The molecule has 2 unspecified atom stereocenters. The summed E-state index contributed by atoms with van der Waals surface area (Å²) < 4.78 is 27.8. The molecule has 2 atom stereocenters. The largest absolute Gasteiger partial charge is 0.364 e. The Morgan fingerprint density at radius 3 is 2.39 bits per heavy atom. The van der Waals surface area contributed by atoms with Crippen LogP contribution in [0.4, 0.5) is 14.5 Å². The summed E-state index contributed by atoms with van der Waals surface area (Å²) in [5.74, 6) is -0.707. The normalized spacial score (nSPS) is 23.8.